The monoisotopic (exact) mass is 496 g/mol. The number of nitrogens with one attached hydrogen (secondary N) is 2. The van der Waals surface area contributed by atoms with E-state index in [2.05, 4.69) is 26.0 Å². The molecule has 1 unspecified atom stereocenters. The zero-order valence-corrected chi connectivity index (χ0v) is 18.8. The lowest BCUT2D eigenvalue weighted by Crippen LogP contribution is -2.22. The summed E-state index contributed by atoms with van der Waals surface area (Å²) < 4.78 is 28.3. The lowest BCUT2D eigenvalue weighted by atomic mass is 10.3. The van der Waals surface area contributed by atoms with E-state index in [1.54, 1.807) is 41.8 Å². The van der Waals surface area contributed by atoms with Crippen LogP contribution in [0.15, 0.2) is 79.6 Å². The van der Waals surface area contributed by atoms with E-state index in [1.165, 1.54) is 11.8 Å². The van der Waals surface area contributed by atoms with Crippen molar-refractivity contribution in [1.29, 1.82) is 0 Å². The Morgan fingerprint density at radius 2 is 1.68 bits per heavy atom. The van der Waals surface area contributed by atoms with Crippen LogP contribution in [0.25, 0.3) is 0 Å². The third kappa shape index (κ3) is 5.60. The number of halogens is 1. The first-order valence-electron chi connectivity index (χ1n) is 8.23. The second-order valence-electron chi connectivity index (χ2n) is 5.82. The molecular formula is C19H17BrN2O3S3. The molecule has 2 aromatic carbocycles. The zero-order chi connectivity index (χ0) is 20.1. The van der Waals surface area contributed by atoms with Crippen molar-refractivity contribution in [3.05, 3.63) is 70.5 Å². The van der Waals surface area contributed by atoms with Crippen LogP contribution in [0.3, 0.4) is 0 Å². The number of hydrogen-bond acceptors (Lipinski definition) is 5. The van der Waals surface area contributed by atoms with Crippen LogP contribution < -0.4 is 10.0 Å². The molecule has 0 fully saturated rings. The van der Waals surface area contributed by atoms with Gasteiger partial charge in [0.05, 0.1) is 5.25 Å². The first-order valence-corrected chi connectivity index (χ1v) is 12.3. The van der Waals surface area contributed by atoms with Crippen LogP contribution in [0.1, 0.15) is 6.92 Å². The lowest BCUT2D eigenvalue weighted by molar-refractivity contribution is -0.115. The Balaban J connectivity index is 1.59. The van der Waals surface area contributed by atoms with Gasteiger partial charge >= 0.3 is 0 Å². The Morgan fingerprint density at radius 1 is 1.04 bits per heavy atom. The van der Waals surface area contributed by atoms with E-state index >= 15 is 0 Å². The van der Waals surface area contributed by atoms with Crippen molar-refractivity contribution in [1.82, 2.24) is 0 Å². The van der Waals surface area contributed by atoms with Gasteiger partial charge in [0, 0.05) is 20.7 Å². The van der Waals surface area contributed by atoms with E-state index in [9.17, 15) is 13.2 Å². The minimum Gasteiger partial charge on any atom is -0.325 e. The van der Waals surface area contributed by atoms with Gasteiger partial charge in [-0.25, -0.2) is 8.42 Å². The number of benzene rings is 2. The molecule has 1 aromatic heterocycles. The van der Waals surface area contributed by atoms with Crippen molar-refractivity contribution < 1.29 is 13.2 Å². The van der Waals surface area contributed by atoms with Crippen LogP contribution in [-0.2, 0) is 14.8 Å². The predicted octanol–water partition coefficient (Wildman–Crippen LogP) is 5.43. The van der Waals surface area contributed by atoms with E-state index < -0.39 is 10.0 Å². The van der Waals surface area contributed by atoms with Crippen LogP contribution in [0.5, 0.6) is 0 Å². The Labute approximate surface area is 180 Å². The summed E-state index contributed by atoms with van der Waals surface area (Å²) in [6.45, 7) is 1.83. The van der Waals surface area contributed by atoms with Gasteiger partial charge in [-0.05, 0) is 66.9 Å². The van der Waals surface area contributed by atoms with E-state index in [1.807, 2.05) is 31.2 Å². The highest BCUT2D eigenvalue weighted by atomic mass is 79.9. The van der Waals surface area contributed by atoms with Crippen LogP contribution in [-0.4, -0.2) is 19.6 Å². The van der Waals surface area contributed by atoms with Crippen LogP contribution >= 0.6 is 39.0 Å². The molecule has 0 aliphatic heterocycles. The molecule has 0 radical (unpaired) electrons. The Morgan fingerprint density at radius 3 is 2.29 bits per heavy atom. The van der Waals surface area contributed by atoms with Gasteiger partial charge in [0.2, 0.25) is 5.91 Å². The molecule has 1 amide bonds. The number of carbonyl (C=O) groups is 1. The number of thioether (sulfide) groups is 1. The number of hydrogen-bond donors (Lipinski definition) is 2. The smallest absolute Gasteiger partial charge is 0.271 e. The molecule has 1 heterocycles. The molecule has 9 heteroatoms. The van der Waals surface area contributed by atoms with E-state index in [0.29, 0.717) is 5.69 Å². The number of thiophene rings is 1. The van der Waals surface area contributed by atoms with Crippen LogP contribution in [0.2, 0.25) is 0 Å². The maximum absolute atomic E-state index is 12.4. The molecular weight excluding hydrogens is 480 g/mol. The van der Waals surface area contributed by atoms with Gasteiger partial charge in [0.1, 0.15) is 4.21 Å². The standard InChI is InChI=1S/C19H17BrN2O3S3/c1-13(19(23)21-15-6-4-14(20)5-7-15)27-17-10-8-16(9-11-17)22-28(24,25)18-3-2-12-26-18/h2-13,22H,1H3,(H,21,23). The van der Waals surface area contributed by atoms with Crippen molar-refractivity contribution in [2.45, 2.75) is 21.3 Å². The van der Waals surface area contributed by atoms with Gasteiger partial charge in [0.15, 0.2) is 0 Å². The molecule has 5 nitrogen and oxygen atoms in total. The number of sulfonamides is 1. The fourth-order valence-corrected chi connectivity index (χ4v) is 5.44. The third-order valence-corrected chi connectivity index (χ3v) is 8.08. The first-order chi connectivity index (χ1) is 13.3. The van der Waals surface area contributed by atoms with Crippen LogP contribution in [0, 0.1) is 0 Å². The molecule has 0 aliphatic rings. The molecule has 1 atom stereocenters. The molecule has 146 valence electrons. The second-order valence-corrected chi connectivity index (χ2v) is 11.0. The van der Waals surface area contributed by atoms with Gasteiger partial charge in [-0.3, -0.25) is 9.52 Å². The average Bonchev–Trinajstić information content (AvgIpc) is 3.21. The third-order valence-electron chi connectivity index (χ3n) is 3.66. The normalized spacial score (nSPS) is 12.4. The largest absolute Gasteiger partial charge is 0.325 e. The second kappa shape index (κ2) is 9.13. The summed E-state index contributed by atoms with van der Waals surface area (Å²) in [5.41, 5.74) is 1.21. The number of amides is 1. The minimum absolute atomic E-state index is 0.102. The van der Waals surface area contributed by atoms with E-state index in [4.69, 9.17) is 0 Å². The molecule has 0 bridgehead atoms. The first kappa shape index (κ1) is 20.9. The average molecular weight is 497 g/mol. The highest BCUT2D eigenvalue weighted by Crippen LogP contribution is 2.27. The predicted molar refractivity (Wildman–Crippen MR) is 120 cm³/mol. The summed E-state index contributed by atoms with van der Waals surface area (Å²) in [7, 11) is -3.56. The number of rotatable bonds is 7. The summed E-state index contributed by atoms with van der Waals surface area (Å²) in [6, 6.07) is 17.6. The maximum Gasteiger partial charge on any atom is 0.271 e. The van der Waals surface area contributed by atoms with Crippen LogP contribution in [0.4, 0.5) is 11.4 Å². The van der Waals surface area contributed by atoms with Crippen molar-refractivity contribution >= 4 is 66.3 Å². The van der Waals surface area contributed by atoms with Gasteiger partial charge in [-0.1, -0.05) is 22.0 Å². The quantitative estimate of drug-likeness (QED) is 0.427. The molecule has 2 N–H and O–H groups in total. The summed E-state index contributed by atoms with van der Waals surface area (Å²) in [5.74, 6) is -0.102. The zero-order valence-electron chi connectivity index (χ0n) is 14.8. The van der Waals surface area contributed by atoms with Gasteiger partial charge < -0.3 is 5.32 Å². The molecule has 3 aromatic rings. The SMILES string of the molecule is CC(Sc1ccc(NS(=O)(=O)c2cccs2)cc1)C(=O)Nc1ccc(Br)cc1. The summed E-state index contributed by atoms with van der Waals surface area (Å²) in [4.78, 5) is 13.2. The Kier molecular flexibility index (Phi) is 6.82. The van der Waals surface area contributed by atoms with Crippen molar-refractivity contribution in [2.24, 2.45) is 0 Å². The highest BCUT2D eigenvalue weighted by molar-refractivity contribution is 9.10. The molecule has 0 saturated carbocycles. The van der Waals surface area contributed by atoms with Gasteiger partial charge in [-0.15, -0.1) is 23.1 Å². The maximum atomic E-state index is 12.4. The van der Waals surface area contributed by atoms with Crippen molar-refractivity contribution in [2.75, 3.05) is 10.0 Å². The lowest BCUT2D eigenvalue weighted by Gasteiger charge is -2.13. The molecule has 28 heavy (non-hydrogen) atoms. The summed E-state index contributed by atoms with van der Waals surface area (Å²) in [6.07, 6.45) is 0. The number of anilines is 2. The van der Waals surface area contributed by atoms with Gasteiger partial charge in [-0.2, -0.15) is 0 Å². The minimum atomic E-state index is -3.56. The topological polar surface area (TPSA) is 75.3 Å². The number of carbonyl (C=O) groups excluding carboxylic acids is 1. The van der Waals surface area contributed by atoms with E-state index in [-0.39, 0.29) is 15.4 Å². The molecule has 0 aliphatic carbocycles. The fourth-order valence-electron chi connectivity index (χ4n) is 2.26. The Bertz CT molecular complexity index is 1040. The Hall–Kier alpha value is -1.81. The van der Waals surface area contributed by atoms with Crippen molar-refractivity contribution in [3.8, 4) is 0 Å². The molecule has 3 rings (SSSR count). The molecule has 0 saturated heterocycles. The fraction of sp³-hybridized carbons (Fsp3) is 0.105. The summed E-state index contributed by atoms with van der Waals surface area (Å²) in [5, 5.41) is 4.29. The van der Waals surface area contributed by atoms with E-state index in [0.717, 1.165) is 26.4 Å². The molecule has 0 spiro atoms. The highest BCUT2D eigenvalue weighted by Gasteiger charge is 2.17. The summed E-state index contributed by atoms with van der Waals surface area (Å²) >= 11 is 5.93. The van der Waals surface area contributed by atoms with Gasteiger partial charge in [0.25, 0.3) is 10.0 Å². The van der Waals surface area contributed by atoms with Crippen molar-refractivity contribution in [3.63, 3.8) is 0 Å².